The maximum atomic E-state index is 8.38. The second-order valence-electron chi connectivity index (χ2n) is 0.715. The van der Waals surface area contributed by atoms with Gasteiger partial charge in [-0.05, 0) is 0 Å². The summed E-state index contributed by atoms with van der Waals surface area (Å²) < 4.78 is 16.4. The molecule has 0 amide bonds. The van der Waals surface area contributed by atoms with Gasteiger partial charge in [0, 0.05) is 0 Å². The van der Waals surface area contributed by atoms with E-state index in [1.54, 1.807) is 15.9 Å². The van der Waals surface area contributed by atoms with Crippen LogP contribution >= 0.6 is 0 Å². The Balaban J connectivity index is -0.00000000332. The van der Waals surface area contributed by atoms with Gasteiger partial charge in [0.25, 0.3) is 0 Å². The summed E-state index contributed by atoms with van der Waals surface area (Å²) in [5.74, 6) is 0. The van der Waals surface area contributed by atoms with Crippen LogP contribution in [0.25, 0.3) is 0 Å². The number of hydrogen-bond donors (Lipinski definition) is 2. The molecule has 1 heterocycles. The fourth-order valence-electron chi connectivity index (χ4n) is 0.0373. The van der Waals surface area contributed by atoms with E-state index in [0.29, 0.717) is 0 Å². The Morgan fingerprint density at radius 2 is 1.15 bits per heavy atom. The molecule has 1 aliphatic heterocycles. The summed E-state index contributed by atoms with van der Waals surface area (Å²) in [4.78, 5) is 7.01. The van der Waals surface area contributed by atoms with E-state index in [1.165, 1.54) is 0 Å². The number of aliphatic hydroxyl groups is 2. The van der Waals surface area contributed by atoms with E-state index in [2.05, 4.69) is 9.78 Å². The molecule has 7 nitrogen and oxygen atoms in total. The Morgan fingerprint density at radius 3 is 1.15 bits per heavy atom. The monoisotopic (exact) mass is 373 g/mol. The van der Waals surface area contributed by atoms with E-state index < -0.39 is 6.16 Å². The van der Waals surface area contributed by atoms with Crippen molar-refractivity contribution in [1.82, 2.24) is 0 Å². The zero-order chi connectivity index (χ0) is 7.91. The van der Waals surface area contributed by atoms with Crippen LogP contribution < -0.4 is 0 Å². The van der Waals surface area contributed by atoms with Crippen LogP contribution in [0.1, 0.15) is 8.56 Å². The van der Waals surface area contributed by atoms with Crippen LogP contribution in [0.3, 0.4) is 0 Å². The molecule has 1 aliphatic rings. The zero-order valence-electron chi connectivity index (χ0n) is 12.7. The summed E-state index contributed by atoms with van der Waals surface area (Å²) in [6, 6.07) is 0. The third-order valence-electron chi connectivity index (χ3n) is 0.232. The van der Waals surface area contributed by atoms with Crippen molar-refractivity contribution in [3.05, 3.63) is 0 Å². The first-order valence-electron chi connectivity index (χ1n) is 1.47. The summed E-state index contributed by atoms with van der Waals surface area (Å²) in [6.45, 7) is 0. The first kappa shape index (κ1) is 36.0. The van der Waals surface area contributed by atoms with Crippen LogP contribution in [0.2, 0.25) is 0 Å². The van der Waals surface area contributed by atoms with E-state index in [0.717, 1.165) is 0 Å². The maximum absolute atomic E-state index is 8.38. The van der Waals surface area contributed by atoms with Crippen LogP contribution in [-0.4, -0.2) is 135 Å². The Labute approximate surface area is 191 Å². The second-order valence-corrected chi connectivity index (χ2v) is 0.715. The predicted octanol–water partition coefficient (Wildman–Crippen LogP) is -2.99. The molecule has 13 heavy (non-hydrogen) atoms. The molecule has 0 aromatic carbocycles. The van der Waals surface area contributed by atoms with Gasteiger partial charge in [0.05, 0.1) is 0 Å². The fourth-order valence-corrected chi connectivity index (χ4v) is 0.0373. The van der Waals surface area contributed by atoms with Gasteiger partial charge >= 0.3 is 161 Å². The van der Waals surface area contributed by atoms with Gasteiger partial charge in [-0.3, -0.25) is 0 Å². The molecule has 0 atom stereocenters. The van der Waals surface area contributed by atoms with Gasteiger partial charge < -0.3 is 24.2 Å². The van der Waals surface area contributed by atoms with Crippen molar-refractivity contribution in [2.24, 2.45) is 0 Å². The van der Waals surface area contributed by atoms with Crippen molar-refractivity contribution in [2.75, 3.05) is 0 Å². The minimum atomic E-state index is -2.25. The Kier molecular flexibility index (Phi) is 69.9. The van der Waals surface area contributed by atoms with Crippen molar-refractivity contribution >= 4 is 113 Å². The zero-order valence-corrected chi connectivity index (χ0v) is 17.5. The molecule has 0 aromatic heterocycles. The molecule has 0 radical (unpaired) electrons. The van der Waals surface area contributed by atoms with Crippen LogP contribution in [0.15, 0.2) is 0 Å². The van der Waals surface area contributed by atoms with Crippen molar-refractivity contribution in [3.63, 3.8) is 0 Å². The molecule has 0 aromatic rings. The quantitative estimate of drug-likeness (QED) is 0.201. The van der Waals surface area contributed by atoms with E-state index in [1.807, 2.05) is 0 Å². The molecule has 0 aliphatic carbocycles. The first-order valence-corrected chi connectivity index (χ1v) is 3.16. The third kappa shape index (κ3) is 38.5. The van der Waals surface area contributed by atoms with Gasteiger partial charge in [-0.1, -0.05) is 0 Å². The van der Waals surface area contributed by atoms with E-state index in [-0.39, 0.29) is 146 Å². The predicted molar refractivity (Wildman–Crippen MR) is 38.3 cm³/mol. The van der Waals surface area contributed by atoms with Gasteiger partial charge in [-0.2, -0.15) is 0 Å². The van der Waals surface area contributed by atoms with Gasteiger partial charge in [-0.25, -0.2) is 0 Å². The number of hydrogen-bond acceptors (Lipinski definition) is 6. The molecule has 71 valence electrons. The summed E-state index contributed by atoms with van der Waals surface area (Å²) >= 11 is 1.81. The average Bonchev–Trinajstić information content (AvgIpc) is 2.56. The van der Waals surface area contributed by atoms with Gasteiger partial charge in [0.1, 0.15) is 0 Å². The SMILES string of the molecule is O.OC1(O)OO1.[Ca+2].[Ca+2].[Ca+2].[H-].[H-].[H-].[H-].[H-].[H-].[O]=[Mn].[O]=[Zn]. The van der Waals surface area contributed by atoms with Crippen LogP contribution in [0.5, 0.6) is 0 Å². The molecular weight excluding hydrogens is 365 g/mol. The molecule has 4 N–H and O–H groups in total. The molecule has 0 bridgehead atoms. The van der Waals surface area contributed by atoms with E-state index in [4.69, 9.17) is 17.6 Å². The molecular formula is CH10Ca3MnO7Zn. The summed E-state index contributed by atoms with van der Waals surface area (Å²) in [7, 11) is 0. The second kappa shape index (κ2) is 25.2. The van der Waals surface area contributed by atoms with Crippen molar-refractivity contribution in [3.8, 4) is 0 Å². The Hall–Kier alpha value is 4.32. The molecule has 12 heteroatoms. The van der Waals surface area contributed by atoms with Gasteiger partial charge in [0.2, 0.25) is 0 Å². The Bertz CT molecular complexity index is 95.2. The van der Waals surface area contributed by atoms with Crippen LogP contribution in [0, 0.1) is 0 Å². The van der Waals surface area contributed by atoms with Crippen LogP contribution in [-0.2, 0) is 51.4 Å². The van der Waals surface area contributed by atoms with Gasteiger partial charge in [0.15, 0.2) is 0 Å². The topological polar surface area (TPSA) is 131 Å². The van der Waals surface area contributed by atoms with Gasteiger partial charge in [-0.15, -0.1) is 9.78 Å². The average molecular weight is 375 g/mol. The number of rotatable bonds is 0. The molecule has 1 fully saturated rings. The van der Waals surface area contributed by atoms with Crippen molar-refractivity contribution in [2.45, 2.75) is 6.16 Å². The molecule has 0 spiro atoms. The summed E-state index contributed by atoms with van der Waals surface area (Å²) in [5, 5.41) is 15.5. The molecule has 0 saturated carbocycles. The van der Waals surface area contributed by atoms with Crippen LogP contribution in [0.4, 0.5) is 0 Å². The molecule has 1 rings (SSSR count). The normalized spacial score (nSPS) is 12.3. The van der Waals surface area contributed by atoms with Crippen molar-refractivity contribution < 1.29 is 75.6 Å². The molecule has 0 unspecified atom stereocenters. The molecule has 1 saturated heterocycles. The standard InChI is InChI=1S/CH2O4.3Ca.Mn.H2O.2O.Zn.6H/c2-1(3)4-5-1;;;;;;;;;;;;;;/h2-3H;;;;;1H2;;;;;;;;;/q;3*+2;;;;;;6*-1. The fraction of sp³-hybridized carbons (Fsp3) is 1.00. The Morgan fingerprint density at radius 1 is 1.08 bits per heavy atom. The summed E-state index contributed by atoms with van der Waals surface area (Å²) in [6.07, 6.45) is -2.25. The first-order chi connectivity index (χ1) is 4.21. The minimum absolute atomic E-state index is 0. The third-order valence-corrected chi connectivity index (χ3v) is 0.232. The van der Waals surface area contributed by atoms with E-state index in [9.17, 15) is 0 Å². The van der Waals surface area contributed by atoms with E-state index >= 15 is 0 Å². The van der Waals surface area contributed by atoms with Crippen molar-refractivity contribution in [1.29, 1.82) is 0 Å². The summed E-state index contributed by atoms with van der Waals surface area (Å²) in [5.41, 5.74) is 0.